The predicted molar refractivity (Wildman–Crippen MR) is 104 cm³/mol. The van der Waals surface area contributed by atoms with Gasteiger partial charge in [-0.3, -0.25) is 4.79 Å². The van der Waals surface area contributed by atoms with Gasteiger partial charge in [0.25, 0.3) is 5.91 Å². The summed E-state index contributed by atoms with van der Waals surface area (Å²) in [4.78, 5) is 25.7. The number of fused-ring (bicyclic) bond motifs is 1. The van der Waals surface area contributed by atoms with Crippen molar-refractivity contribution >= 4 is 22.6 Å². The molecule has 5 nitrogen and oxygen atoms in total. The fraction of sp³-hybridized carbons (Fsp3) is 0.286. The van der Waals surface area contributed by atoms with Gasteiger partial charge in [-0.1, -0.05) is 12.1 Å². The number of carbonyl (C=O) groups excluding carboxylic acids is 1. The molecule has 0 unspecified atom stereocenters. The van der Waals surface area contributed by atoms with Crippen molar-refractivity contribution in [1.29, 1.82) is 0 Å². The third kappa shape index (κ3) is 3.35. The van der Waals surface area contributed by atoms with E-state index in [1.165, 1.54) is 6.07 Å². The minimum atomic E-state index is -0.226. The monoisotopic (exact) mass is 364 g/mol. The van der Waals surface area contributed by atoms with Gasteiger partial charge in [0.15, 0.2) is 0 Å². The number of amides is 1. The van der Waals surface area contributed by atoms with Crippen molar-refractivity contribution in [3.8, 4) is 0 Å². The average molecular weight is 364 g/mol. The number of piperazine rings is 1. The van der Waals surface area contributed by atoms with E-state index in [0.717, 1.165) is 22.4 Å². The van der Waals surface area contributed by atoms with Crippen LogP contribution in [0.15, 0.2) is 42.5 Å². The summed E-state index contributed by atoms with van der Waals surface area (Å²) in [5.74, 6) is -0.249. The number of rotatable bonds is 2. The van der Waals surface area contributed by atoms with Crippen LogP contribution in [0.2, 0.25) is 0 Å². The Kier molecular flexibility index (Phi) is 4.48. The number of hydrogen-bond donors (Lipinski definition) is 0. The van der Waals surface area contributed by atoms with Gasteiger partial charge < -0.3 is 9.80 Å². The SMILES string of the molecule is Cc1nc2ccc(C(=O)N3CCN(c4ccccc4F)CC3)cc2nc1C. The van der Waals surface area contributed by atoms with E-state index in [9.17, 15) is 9.18 Å². The second-order valence-electron chi connectivity index (χ2n) is 6.83. The van der Waals surface area contributed by atoms with Gasteiger partial charge in [-0.25, -0.2) is 14.4 Å². The molecule has 138 valence electrons. The largest absolute Gasteiger partial charge is 0.366 e. The van der Waals surface area contributed by atoms with Crippen LogP contribution in [0.4, 0.5) is 10.1 Å². The molecule has 1 fully saturated rings. The van der Waals surface area contributed by atoms with Gasteiger partial charge >= 0.3 is 0 Å². The summed E-state index contributed by atoms with van der Waals surface area (Å²) in [5, 5.41) is 0. The van der Waals surface area contributed by atoms with E-state index in [0.29, 0.717) is 37.4 Å². The Labute approximate surface area is 157 Å². The Morgan fingerprint density at radius 1 is 0.926 bits per heavy atom. The first-order chi connectivity index (χ1) is 13.0. The molecule has 0 aliphatic carbocycles. The molecule has 1 aromatic heterocycles. The minimum Gasteiger partial charge on any atom is -0.366 e. The van der Waals surface area contributed by atoms with Crippen molar-refractivity contribution in [2.24, 2.45) is 0 Å². The molecule has 2 aromatic carbocycles. The number of anilines is 1. The van der Waals surface area contributed by atoms with Crippen molar-refractivity contribution in [1.82, 2.24) is 14.9 Å². The smallest absolute Gasteiger partial charge is 0.254 e. The van der Waals surface area contributed by atoms with Gasteiger partial charge in [-0.05, 0) is 44.2 Å². The number of aromatic nitrogens is 2. The number of carbonyl (C=O) groups is 1. The average Bonchev–Trinajstić information content (AvgIpc) is 2.68. The number of halogens is 1. The second kappa shape index (κ2) is 6.95. The van der Waals surface area contributed by atoms with Crippen molar-refractivity contribution in [3.05, 3.63) is 65.2 Å². The molecule has 1 amide bonds. The minimum absolute atomic E-state index is 0.0230. The Morgan fingerprint density at radius 2 is 1.59 bits per heavy atom. The molecular weight excluding hydrogens is 343 g/mol. The lowest BCUT2D eigenvalue weighted by molar-refractivity contribution is 0.0747. The highest BCUT2D eigenvalue weighted by molar-refractivity contribution is 5.97. The zero-order valence-electron chi connectivity index (χ0n) is 15.4. The van der Waals surface area contributed by atoms with Crippen LogP contribution in [-0.2, 0) is 0 Å². The summed E-state index contributed by atoms with van der Waals surface area (Å²) >= 11 is 0. The maximum Gasteiger partial charge on any atom is 0.254 e. The molecule has 0 bridgehead atoms. The second-order valence-corrected chi connectivity index (χ2v) is 6.83. The first-order valence-corrected chi connectivity index (χ1v) is 9.07. The Balaban J connectivity index is 1.50. The zero-order valence-corrected chi connectivity index (χ0v) is 15.4. The standard InChI is InChI=1S/C21H21FN4O/c1-14-15(2)24-19-13-16(7-8-18(19)23-14)21(27)26-11-9-25(10-12-26)20-6-4-3-5-17(20)22/h3-8,13H,9-12H2,1-2H3. The molecule has 0 atom stereocenters. The van der Waals surface area contributed by atoms with E-state index in [2.05, 4.69) is 9.97 Å². The summed E-state index contributed by atoms with van der Waals surface area (Å²) in [6, 6.07) is 12.2. The van der Waals surface area contributed by atoms with E-state index in [-0.39, 0.29) is 11.7 Å². The molecule has 27 heavy (non-hydrogen) atoms. The van der Waals surface area contributed by atoms with E-state index >= 15 is 0 Å². The van der Waals surface area contributed by atoms with E-state index in [1.54, 1.807) is 24.3 Å². The summed E-state index contributed by atoms with van der Waals surface area (Å²) in [6.45, 7) is 6.18. The summed E-state index contributed by atoms with van der Waals surface area (Å²) in [6.07, 6.45) is 0. The molecule has 0 N–H and O–H groups in total. The van der Waals surface area contributed by atoms with Crippen LogP contribution >= 0.6 is 0 Å². The number of benzene rings is 2. The van der Waals surface area contributed by atoms with Crippen molar-refractivity contribution in [2.45, 2.75) is 13.8 Å². The molecule has 2 heterocycles. The molecule has 4 rings (SSSR count). The Morgan fingerprint density at radius 3 is 2.30 bits per heavy atom. The third-order valence-corrected chi connectivity index (χ3v) is 5.08. The van der Waals surface area contributed by atoms with Crippen LogP contribution in [0.1, 0.15) is 21.7 Å². The quantitative estimate of drug-likeness (QED) is 0.700. The van der Waals surface area contributed by atoms with Crippen LogP contribution in [0.25, 0.3) is 11.0 Å². The van der Waals surface area contributed by atoms with Crippen LogP contribution in [0, 0.1) is 19.7 Å². The van der Waals surface area contributed by atoms with Crippen LogP contribution in [0.5, 0.6) is 0 Å². The fourth-order valence-corrected chi connectivity index (χ4v) is 3.40. The predicted octanol–water partition coefficient (Wildman–Crippen LogP) is 3.35. The van der Waals surface area contributed by atoms with Crippen molar-refractivity contribution in [3.63, 3.8) is 0 Å². The molecule has 1 aliphatic heterocycles. The molecule has 6 heteroatoms. The normalized spacial score (nSPS) is 14.6. The lowest BCUT2D eigenvalue weighted by Gasteiger charge is -2.36. The van der Waals surface area contributed by atoms with Gasteiger partial charge in [0, 0.05) is 31.7 Å². The van der Waals surface area contributed by atoms with E-state index in [1.807, 2.05) is 35.8 Å². The summed E-state index contributed by atoms with van der Waals surface area (Å²) < 4.78 is 14.0. The first-order valence-electron chi connectivity index (χ1n) is 9.07. The van der Waals surface area contributed by atoms with Gasteiger partial charge in [-0.2, -0.15) is 0 Å². The number of para-hydroxylation sites is 1. The highest BCUT2D eigenvalue weighted by Crippen LogP contribution is 2.21. The van der Waals surface area contributed by atoms with E-state index < -0.39 is 0 Å². The highest BCUT2D eigenvalue weighted by atomic mass is 19.1. The van der Waals surface area contributed by atoms with Crippen LogP contribution in [-0.4, -0.2) is 47.0 Å². The molecule has 0 radical (unpaired) electrons. The van der Waals surface area contributed by atoms with Crippen LogP contribution < -0.4 is 4.90 Å². The maximum atomic E-state index is 14.0. The number of hydrogen-bond acceptors (Lipinski definition) is 4. The lowest BCUT2D eigenvalue weighted by Crippen LogP contribution is -2.49. The van der Waals surface area contributed by atoms with Gasteiger partial charge in [-0.15, -0.1) is 0 Å². The summed E-state index contributed by atoms with van der Waals surface area (Å²) in [5.41, 5.74) is 4.49. The van der Waals surface area contributed by atoms with Crippen molar-refractivity contribution < 1.29 is 9.18 Å². The molecule has 1 aliphatic rings. The van der Waals surface area contributed by atoms with Crippen molar-refractivity contribution in [2.75, 3.05) is 31.1 Å². The molecule has 0 spiro atoms. The van der Waals surface area contributed by atoms with Gasteiger partial charge in [0.05, 0.1) is 28.1 Å². The summed E-state index contributed by atoms with van der Waals surface area (Å²) in [7, 11) is 0. The van der Waals surface area contributed by atoms with Gasteiger partial charge in [0.2, 0.25) is 0 Å². The lowest BCUT2D eigenvalue weighted by atomic mass is 10.1. The Bertz CT molecular complexity index is 1010. The number of aryl methyl sites for hydroxylation is 2. The van der Waals surface area contributed by atoms with Crippen LogP contribution in [0.3, 0.4) is 0 Å². The van der Waals surface area contributed by atoms with Gasteiger partial charge in [0.1, 0.15) is 5.82 Å². The maximum absolute atomic E-state index is 14.0. The fourth-order valence-electron chi connectivity index (χ4n) is 3.40. The molecular formula is C21H21FN4O. The molecule has 0 saturated carbocycles. The molecule has 3 aromatic rings. The zero-order chi connectivity index (χ0) is 19.0. The topological polar surface area (TPSA) is 49.3 Å². The number of nitrogens with zero attached hydrogens (tertiary/aromatic N) is 4. The Hall–Kier alpha value is -3.02. The first kappa shape index (κ1) is 17.4. The van der Waals surface area contributed by atoms with E-state index in [4.69, 9.17) is 0 Å². The highest BCUT2D eigenvalue weighted by Gasteiger charge is 2.23. The third-order valence-electron chi connectivity index (χ3n) is 5.08. The molecule has 1 saturated heterocycles.